The van der Waals surface area contributed by atoms with Gasteiger partial charge in [0.2, 0.25) is 11.8 Å². The van der Waals surface area contributed by atoms with Gasteiger partial charge in [0, 0.05) is 18.7 Å². The normalized spacial score (nSPS) is 21.4. The van der Waals surface area contributed by atoms with Crippen molar-refractivity contribution >= 4 is 11.8 Å². The zero-order chi connectivity index (χ0) is 14.7. The smallest absolute Gasteiger partial charge is 0.240 e. The zero-order valence-electron chi connectivity index (χ0n) is 12.4. The van der Waals surface area contributed by atoms with Crippen molar-refractivity contribution in [3.8, 4) is 0 Å². The monoisotopic (exact) mass is 280 g/mol. The molecule has 0 radical (unpaired) electrons. The van der Waals surface area contributed by atoms with Crippen molar-refractivity contribution in [3.63, 3.8) is 0 Å². The van der Waals surface area contributed by atoms with Crippen LogP contribution in [0.3, 0.4) is 0 Å². The van der Waals surface area contributed by atoms with E-state index in [2.05, 4.69) is 15.4 Å². The standard InChI is InChI=1S/C14H24N4O2/c1-9(2)12-6-14(20-17-12)16-13(19)8-18-5-4-11(7-18)10(3)15/h6,9-11H,4-5,7-8,15H2,1-3H3,(H,16,19). The second kappa shape index (κ2) is 6.37. The summed E-state index contributed by atoms with van der Waals surface area (Å²) in [7, 11) is 0. The SMILES string of the molecule is CC(C)c1cc(NC(=O)CN2CCC(C(C)N)C2)on1. The molecule has 1 aromatic rings. The molecule has 2 unspecified atom stereocenters. The van der Waals surface area contributed by atoms with E-state index in [0.29, 0.717) is 18.3 Å². The van der Waals surface area contributed by atoms with E-state index in [9.17, 15) is 4.79 Å². The molecule has 0 saturated carbocycles. The number of likely N-dealkylation sites (tertiary alicyclic amines) is 1. The number of hydrogen-bond acceptors (Lipinski definition) is 5. The fourth-order valence-electron chi connectivity index (χ4n) is 2.44. The maximum absolute atomic E-state index is 12.0. The summed E-state index contributed by atoms with van der Waals surface area (Å²) in [5.74, 6) is 1.12. The van der Waals surface area contributed by atoms with Crippen molar-refractivity contribution in [2.75, 3.05) is 25.0 Å². The summed E-state index contributed by atoms with van der Waals surface area (Å²) in [5.41, 5.74) is 6.74. The Morgan fingerprint density at radius 3 is 2.90 bits per heavy atom. The first-order valence-corrected chi connectivity index (χ1v) is 7.20. The molecule has 20 heavy (non-hydrogen) atoms. The Kier molecular flexibility index (Phi) is 4.77. The van der Waals surface area contributed by atoms with E-state index in [1.807, 2.05) is 20.8 Å². The quantitative estimate of drug-likeness (QED) is 0.851. The lowest BCUT2D eigenvalue weighted by molar-refractivity contribution is -0.117. The third-order valence-electron chi connectivity index (χ3n) is 3.80. The molecule has 6 nitrogen and oxygen atoms in total. The molecule has 6 heteroatoms. The molecule has 2 heterocycles. The Morgan fingerprint density at radius 1 is 1.60 bits per heavy atom. The summed E-state index contributed by atoms with van der Waals surface area (Å²) in [5, 5.41) is 6.66. The van der Waals surface area contributed by atoms with Crippen LogP contribution in [-0.4, -0.2) is 41.6 Å². The molecule has 0 bridgehead atoms. The third-order valence-corrected chi connectivity index (χ3v) is 3.80. The minimum Gasteiger partial charge on any atom is -0.338 e. The first kappa shape index (κ1) is 15.0. The van der Waals surface area contributed by atoms with Gasteiger partial charge in [0.05, 0.1) is 12.2 Å². The Hall–Kier alpha value is -1.40. The Morgan fingerprint density at radius 2 is 2.35 bits per heavy atom. The van der Waals surface area contributed by atoms with Crippen LogP contribution in [0.25, 0.3) is 0 Å². The van der Waals surface area contributed by atoms with Gasteiger partial charge < -0.3 is 10.3 Å². The molecular formula is C14H24N4O2. The average molecular weight is 280 g/mol. The molecule has 0 aromatic carbocycles. The van der Waals surface area contributed by atoms with Crippen LogP contribution in [0.1, 0.15) is 38.8 Å². The Balaban J connectivity index is 1.81. The van der Waals surface area contributed by atoms with Crippen LogP contribution in [0.5, 0.6) is 0 Å². The molecule has 0 aliphatic carbocycles. The van der Waals surface area contributed by atoms with Gasteiger partial charge >= 0.3 is 0 Å². The summed E-state index contributed by atoms with van der Waals surface area (Å²) in [6.07, 6.45) is 1.06. The topological polar surface area (TPSA) is 84.4 Å². The van der Waals surface area contributed by atoms with E-state index in [1.54, 1.807) is 6.07 Å². The molecule has 2 rings (SSSR count). The van der Waals surface area contributed by atoms with Crippen molar-refractivity contribution in [1.29, 1.82) is 0 Å². The number of amides is 1. The number of carbonyl (C=O) groups is 1. The number of anilines is 1. The number of nitrogens with one attached hydrogen (secondary N) is 1. The van der Waals surface area contributed by atoms with Crippen molar-refractivity contribution in [1.82, 2.24) is 10.1 Å². The average Bonchev–Trinajstić information content (AvgIpc) is 2.98. The van der Waals surface area contributed by atoms with E-state index in [-0.39, 0.29) is 17.9 Å². The van der Waals surface area contributed by atoms with Crippen LogP contribution in [0, 0.1) is 5.92 Å². The number of carbonyl (C=O) groups excluding carboxylic acids is 1. The van der Waals surface area contributed by atoms with Gasteiger partial charge in [0.25, 0.3) is 0 Å². The summed E-state index contributed by atoms with van der Waals surface area (Å²) < 4.78 is 5.10. The van der Waals surface area contributed by atoms with Gasteiger partial charge in [-0.1, -0.05) is 19.0 Å². The molecule has 0 spiro atoms. The maximum Gasteiger partial charge on any atom is 0.240 e. The second-order valence-corrected chi connectivity index (χ2v) is 5.96. The summed E-state index contributed by atoms with van der Waals surface area (Å²) in [4.78, 5) is 14.1. The van der Waals surface area contributed by atoms with E-state index < -0.39 is 0 Å². The first-order valence-electron chi connectivity index (χ1n) is 7.20. The number of hydrogen-bond donors (Lipinski definition) is 2. The summed E-state index contributed by atoms with van der Waals surface area (Å²) >= 11 is 0. The number of nitrogens with two attached hydrogens (primary N) is 1. The van der Waals surface area contributed by atoms with Crippen molar-refractivity contribution in [2.45, 2.75) is 39.2 Å². The van der Waals surface area contributed by atoms with E-state index in [0.717, 1.165) is 25.2 Å². The molecule has 1 aliphatic heterocycles. The zero-order valence-corrected chi connectivity index (χ0v) is 12.4. The first-order chi connectivity index (χ1) is 9.45. The van der Waals surface area contributed by atoms with Crippen LogP contribution in [-0.2, 0) is 4.79 Å². The lowest BCUT2D eigenvalue weighted by Crippen LogP contribution is -2.34. The Labute approximate surface area is 119 Å². The van der Waals surface area contributed by atoms with Gasteiger partial charge in [-0.3, -0.25) is 15.0 Å². The number of nitrogens with zero attached hydrogens (tertiary/aromatic N) is 2. The molecule has 1 aliphatic rings. The summed E-state index contributed by atoms with van der Waals surface area (Å²) in [6, 6.07) is 1.96. The highest BCUT2D eigenvalue weighted by Crippen LogP contribution is 2.19. The van der Waals surface area contributed by atoms with Crippen molar-refractivity contribution < 1.29 is 9.32 Å². The molecule has 1 amide bonds. The predicted molar refractivity (Wildman–Crippen MR) is 77.4 cm³/mol. The molecule has 2 atom stereocenters. The molecule has 112 valence electrons. The van der Waals surface area contributed by atoms with E-state index in [1.165, 1.54) is 0 Å². The van der Waals surface area contributed by atoms with Gasteiger partial charge in [-0.2, -0.15) is 0 Å². The van der Waals surface area contributed by atoms with Gasteiger partial charge in [-0.25, -0.2) is 0 Å². The van der Waals surface area contributed by atoms with Gasteiger partial charge in [0.15, 0.2) is 0 Å². The van der Waals surface area contributed by atoms with Crippen LogP contribution >= 0.6 is 0 Å². The van der Waals surface area contributed by atoms with E-state index >= 15 is 0 Å². The van der Waals surface area contributed by atoms with Gasteiger partial charge in [-0.15, -0.1) is 0 Å². The largest absolute Gasteiger partial charge is 0.338 e. The van der Waals surface area contributed by atoms with Gasteiger partial charge in [-0.05, 0) is 31.7 Å². The maximum atomic E-state index is 12.0. The highest BCUT2D eigenvalue weighted by atomic mass is 16.5. The lowest BCUT2D eigenvalue weighted by atomic mass is 10.0. The Bertz CT molecular complexity index is 456. The lowest BCUT2D eigenvalue weighted by Gasteiger charge is -2.16. The van der Waals surface area contributed by atoms with Crippen LogP contribution in [0.2, 0.25) is 0 Å². The molecule has 1 aromatic heterocycles. The highest BCUT2D eigenvalue weighted by Gasteiger charge is 2.26. The number of rotatable bonds is 5. The number of aromatic nitrogens is 1. The van der Waals surface area contributed by atoms with Crippen molar-refractivity contribution in [3.05, 3.63) is 11.8 Å². The van der Waals surface area contributed by atoms with Gasteiger partial charge in [0.1, 0.15) is 0 Å². The fourth-order valence-corrected chi connectivity index (χ4v) is 2.44. The molecular weight excluding hydrogens is 256 g/mol. The minimum atomic E-state index is -0.0678. The predicted octanol–water partition coefficient (Wildman–Crippen LogP) is 1.41. The molecule has 1 saturated heterocycles. The third kappa shape index (κ3) is 3.80. The van der Waals surface area contributed by atoms with Crippen LogP contribution in [0.15, 0.2) is 10.6 Å². The van der Waals surface area contributed by atoms with Crippen LogP contribution in [0.4, 0.5) is 5.88 Å². The fraction of sp³-hybridized carbons (Fsp3) is 0.714. The summed E-state index contributed by atoms with van der Waals surface area (Å²) in [6.45, 7) is 8.27. The highest BCUT2D eigenvalue weighted by molar-refractivity contribution is 5.91. The molecule has 1 fully saturated rings. The molecule has 3 N–H and O–H groups in total. The van der Waals surface area contributed by atoms with E-state index in [4.69, 9.17) is 10.3 Å². The van der Waals surface area contributed by atoms with Crippen molar-refractivity contribution in [2.24, 2.45) is 11.7 Å². The van der Waals surface area contributed by atoms with Crippen LogP contribution < -0.4 is 11.1 Å². The second-order valence-electron chi connectivity index (χ2n) is 5.96. The minimum absolute atomic E-state index is 0.0678.